The Morgan fingerprint density at radius 1 is 1.12 bits per heavy atom. The predicted octanol–water partition coefficient (Wildman–Crippen LogP) is 8.82. The van der Waals surface area contributed by atoms with Crippen LogP contribution in [0.25, 0.3) is 0 Å². The zero-order valence-corrected chi connectivity index (χ0v) is 34.0. The summed E-state index contributed by atoms with van der Waals surface area (Å²) in [5, 5.41) is 11.7. The van der Waals surface area contributed by atoms with Crippen molar-refractivity contribution in [2.45, 2.75) is 123 Å². The van der Waals surface area contributed by atoms with E-state index in [9.17, 15) is 31.9 Å². The average Bonchev–Trinajstić information content (AvgIpc) is 3.83. The molecule has 2 fully saturated rings. The summed E-state index contributed by atoms with van der Waals surface area (Å²) in [6, 6.07) is 12.0. The number of halogens is 4. The molecular weight excluding hydrogens is 728 g/mol. The molecule has 1 atom stereocenters. The number of methoxy groups -OCH3 is 1. The number of allylic oxidation sites excluding steroid dienone is 2. The second-order valence-corrected chi connectivity index (χ2v) is 13.4. The summed E-state index contributed by atoms with van der Waals surface area (Å²) in [7, 11) is 3.45. The standard InChI is InChI=1S/C24H29F2N3O3.C10H9N3O.C4H8F2.2C2H6/c1-28-14-4-5-17-8-13-24(21(17)28,22(31)27-18-9-11-23(25,26)12-10-18)29(16-30)19-6-3-7-20(15-19)32-2;11-7-8-3-4-12-9(6-8)13-5-1-2-10(13)14;1-3-4(2,5)6;2*1-2/h3-7,15-16,18H,8-14H2,1-2H3,(H,27,31);3-4,6H,1-2,5H2;3H2,1-2H3;2*1-2H3. The first kappa shape index (κ1) is 47.2. The molecule has 0 spiro atoms. The van der Waals surface area contributed by atoms with Crippen LogP contribution in [-0.2, 0) is 14.4 Å². The topological polar surface area (TPSA) is 119 Å². The first-order chi connectivity index (χ1) is 26.7. The van der Waals surface area contributed by atoms with Crippen LogP contribution in [0.15, 0.2) is 66.0 Å². The molecule has 3 heterocycles. The highest BCUT2D eigenvalue weighted by molar-refractivity contribution is 6.01. The van der Waals surface area contributed by atoms with Gasteiger partial charge >= 0.3 is 0 Å². The molecule has 56 heavy (non-hydrogen) atoms. The van der Waals surface area contributed by atoms with Gasteiger partial charge in [0, 0.05) is 69.8 Å². The summed E-state index contributed by atoms with van der Waals surface area (Å²) < 4.78 is 55.5. The van der Waals surface area contributed by atoms with Crippen molar-refractivity contribution in [3.8, 4) is 11.8 Å². The molecule has 1 N–H and O–H groups in total. The number of nitriles is 1. The largest absolute Gasteiger partial charge is 0.497 e. The van der Waals surface area contributed by atoms with E-state index >= 15 is 0 Å². The van der Waals surface area contributed by atoms with Gasteiger partial charge in [-0.2, -0.15) is 5.26 Å². The molecule has 1 unspecified atom stereocenters. The van der Waals surface area contributed by atoms with Crippen LogP contribution in [0.4, 0.5) is 29.1 Å². The number of alkyl halides is 4. The van der Waals surface area contributed by atoms with E-state index in [0.29, 0.717) is 61.6 Å². The fourth-order valence-electron chi connectivity index (χ4n) is 6.70. The van der Waals surface area contributed by atoms with Crippen LogP contribution in [-0.4, -0.2) is 78.8 Å². The summed E-state index contributed by atoms with van der Waals surface area (Å²) in [5.41, 5.74) is 1.62. The van der Waals surface area contributed by atoms with Crippen molar-refractivity contribution >= 4 is 29.7 Å². The van der Waals surface area contributed by atoms with Crippen LogP contribution in [0.3, 0.4) is 0 Å². The third-order valence-corrected chi connectivity index (χ3v) is 9.65. The number of ether oxygens (including phenoxy) is 1. The number of nitrogens with one attached hydrogen (secondary N) is 1. The highest BCUT2D eigenvalue weighted by Crippen LogP contribution is 2.46. The third kappa shape index (κ3) is 12.3. The quantitative estimate of drug-likeness (QED) is 0.210. The Morgan fingerprint density at radius 3 is 2.34 bits per heavy atom. The molecule has 1 saturated carbocycles. The smallest absolute Gasteiger partial charge is 0.252 e. The molecule has 1 saturated heterocycles. The predicted molar refractivity (Wildman–Crippen MR) is 212 cm³/mol. The number of pyridine rings is 1. The van der Waals surface area contributed by atoms with Crippen molar-refractivity contribution in [3.63, 3.8) is 0 Å². The number of likely N-dealkylation sites (N-methyl/N-ethyl adjacent to an activating group) is 1. The van der Waals surface area contributed by atoms with E-state index in [4.69, 9.17) is 10.00 Å². The molecule has 2 aliphatic heterocycles. The summed E-state index contributed by atoms with van der Waals surface area (Å²) in [5.74, 6) is -4.20. The Hall–Kier alpha value is -4.93. The normalized spacial score (nSPS) is 19.6. The summed E-state index contributed by atoms with van der Waals surface area (Å²) >= 11 is 0. The fraction of sp³-hybridized carbons (Fsp3) is 0.548. The number of anilines is 2. The molecule has 10 nitrogen and oxygen atoms in total. The lowest BCUT2D eigenvalue weighted by Crippen LogP contribution is -2.63. The lowest BCUT2D eigenvalue weighted by Gasteiger charge is -2.44. The van der Waals surface area contributed by atoms with Crippen molar-refractivity contribution in [2.24, 2.45) is 0 Å². The van der Waals surface area contributed by atoms with Crippen molar-refractivity contribution in [2.75, 3.05) is 37.0 Å². The molecule has 0 radical (unpaired) electrons. The second kappa shape index (κ2) is 22.0. The van der Waals surface area contributed by atoms with Crippen LogP contribution in [0.2, 0.25) is 0 Å². The molecule has 1 aromatic heterocycles. The van der Waals surface area contributed by atoms with Crippen molar-refractivity contribution < 1.29 is 36.7 Å². The van der Waals surface area contributed by atoms with E-state index < -0.39 is 17.4 Å². The summed E-state index contributed by atoms with van der Waals surface area (Å²) in [6.07, 6.45) is 8.69. The molecular formula is C42H58F4N6O4. The van der Waals surface area contributed by atoms with Gasteiger partial charge in [-0.05, 0) is 68.9 Å². The number of amides is 3. The number of hydrogen-bond acceptors (Lipinski definition) is 7. The highest BCUT2D eigenvalue weighted by atomic mass is 19.3. The number of rotatable bonds is 8. The monoisotopic (exact) mass is 786 g/mol. The summed E-state index contributed by atoms with van der Waals surface area (Å²) in [4.78, 5) is 47.0. The van der Waals surface area contributed by atoms with Gasteiger partial charge in [0.25, 0.3) is 5.91 Å². The van der Waals surface area contributed by atoms with Gasteiger partial charge in [-0.15, -0.1) is 0 Å². The third-order valence-electron chi connectivity index (χ3n) is 9.65. The fourth-order valence-corrected chi connectivity index (χ4v) is 6.70. The van der Waals surface area contributed by atoms with Gasteiger partial charge in [0.15, 0.2) is 5.54 Å². The minimum absolute atomic E-state index is 0.0625. The van der Waals surface area contributed by atoms with Crippen LogP contribution in [0.5, 0.6) is 5.75 Å². The van der Waals surface area contributed by atoms with Gasteiger partial charge < -0.3 is 15.0 Å². The molecule has 308 valence electrons. The number of benzene rings is 1. The first-order valence-corrected chi connectivity index (χ1v) is 19.4. The van der Waals surface area contributed by atoms with Crippen LogP contribution < -0.4 is 19.9 Å². The molecule has 0 bridgehead atoms. The molecule has 1 aromatic carbocycles. The van der Waals surface area contributed by atoms with E-state index in [2.05, 4.69) is 10.3 Å². The maximum atomic E-state index is 13.9. The molecule has 2 aromatic rings. The maximum Gasteiger partial charge on any atom is 0.252 e. The van der Waals surface area contributed by atoms with Gasteiger partial charge in [-0.25, -0.2) is 22.5 Å². The Kier molecular flexibility index (Phi) is 18.5. The molecule has 2 aliphatic carbocycles. The number of hydrogen-bond donors (Lipinski definition) is 1. The summed E-state index contributed by atoms with van der Waals surface area (Å²) in [6.45, 7) is 11.7. The number of aromatic nitrogens is 1. The number of carbonyl (C=O) groups excluding carboxylic acids is 3. The van der Waals surface area contributed by atoms with E-state index in [1.807, 2.05) is 57.9 Å². The highest BCUT2D eigenvalue weighted by Gasteiger charge is 2.54. The number of carbonyl (C=O) groups is 3. The Balaban J connectivity index is 0.000000371. The van der Waals surface area contributed by atoms with Crippen LogP contribution in [0.1, 0.15) is 105 Å². The minimum atomic E-state index is -2.67. The van der Waals surface area contributed by atoms with E-state index in [1.54, 1.807) is 54.6 Å². The Labute approximate surface area is 329 Å². The first-order valence-electron chi connectivity index (χ1n) is 19.4. The van der Waals surface area contributed by atoms with Gasteiger partial charge in [0.2, 0.25) is 24.2 Å². The van der Waals surface area contributed by atoms with Gasteiger partial charge in [0.05, 0.1) is 24.4 Å². The minimum Gasteiger partial charge on any atom is -0.497 e. The lowest BCUT2D eigenvalue weighted by atomic mass is 9.87. The van der Waals surface area contributed by atoms with E-state index in [0.717, 1.165) is 24.6 Å². The van der Waals surface area contributed by atoms with Crippen molar-refractivity contribution in [1.82, 2.24) is 15.2 Å². The molecule has 4 aliphatic rings. The zero-order chi connectivity index (χ0) is 42.1. The number of nitrogens with zero attached hydrogens (tertiary/aromatic N) is 5. The Morgan fingerprint density at radius 2 is 1.79 bits per heavy atom. The van der Waals surface area contributed by atoms with Gasteiger partial charge in [0.1, 0.15) is 11.6 Å². The van der Waals surface area contributed by atoms with E-state index in [1.165, 1.54) is 11.8 Å². The van der Waals surface area contributed by atoms with Gasteiger partial charge in [-0.3, -0.25) is 24.2 Å². The van der Waals surface area contributed by atoms with Crippen LogP contribution >= 0.6 is 0 Å². The average molecular weight is 787 g/mol. The van der Waals surface area contributed by atoms with Crippen molar-refractivity contribution in [3.05, 3.63) is 71.6 Å². The molecule has 14 heteroatoms. The SMILES string of the molecule is CC.CC.CCC(C)(F)F.COc1cccc(N(C=O)C2(C(=O)NC3CCC(F)(F)CC3)CCC3=C2N(C)CC=C3)c1.N#Cc1ccnc(N2CCCC2=O)c1. The van der Waals surface area contributed by atoms with Gasteiger partial charge in [-0.1, -0.05) is 52.8 Å². The molecule has 6 rings (SSSR count). The Bertz CT molecular complexity index is 1700. The van der Waals surface area contributed by atoms with Crippen LogP contribution in [0, 0.1) is 11.3 Å². The zero-order valence-electron chi connectivity index (χ0n) is 34.0. The maximum absolute atomic E-state index is 13.9. The molecule has 3 amide bonds. The van der Waals surface area contributed by atoms with E-state index in [-0.39, 0.29) is 50.0 Å². The van der Waals surface area contributed by atoms with Crippen molar-refractivity contribution in [1.29, 1.82) is 5.26 Å². The second-order valence-electron chi connectivity index (χ2n) is 13.4. The lowest BCUT2D eigenvalue weighted by molar-refractivity contribution is -0.129.